The van der Waals surface area contributed by atoms with E-state index in [2.05, 4.69) is 15.7 Å². The van der Waals surface area contributed by atoms with Gasteiger partial charge in [0.2, 0.25) is 0 Å². The minimum absolute atomic E-state index is 0.112. The van der Waals surface area contributed by atoms with Gasteiger partial charge in [0.25, 0.3) is 5.91 Å². The van der Waals surface area contributed by atoms with E-state index >= 15 is 0 Å². The predicted molar refractivity (Wildman–Crippen MR) is 37.8 cm³/mol. The topological polar surface area (TPSA) is 57.1 Å². The maximum atomic E-state index is 11.0. The molecular weight excluding hydrogens is 144 g/mol. The van der Waals surface area contributed by atoms with Crippen molar-refractivity contribution in [3.05, 3.63) is 0 Å². The van der Waals surface area contributed by atoms with E-state index < -0.39 is 0 Å². The van der Waals surface area contributed by atoms with Crippen molar-refractivity contribution in [3.8, 4) is 0 Å². The molecule has 1 atom stereocenters. The molecule has 11 heavy (non-hydrogen) atoms. The van der Waals surface area contributed by atoms with Crippen LogP contribution in [0, 0.1) is 0 Å². The van der Waals surface area contributed by atoms with Gasteiger partial charge in [0.1, 0.15) is 6.04 Å². The van der Waals surface area contributed by atoms with Gasteiger partial charge in [-0.3, -0.25) is 10.2 Å². The predicted octanol–water partition coefficient (Wildman–Crippen LogP) is -0.442. The van der Waals surface area contributed by atoms with Crippen LogP contribution in [0.5, 0.6) is 0 Å². The first-order valence-electron chi connectivity index (χ1n) is 3.79. The van der Waals surface area contributed by atoms with Crippen molar-refractivity contribution in [1.82, 2.24) is 10.4 Å². The summed E-state index contributed by atoms with van der Waals surface area (Å²) >= 11 is 0. The number of carbonyl (C=O) groups excluding carboxylic acids is 1. The standard InChI is InChI=1S/C6H10N4O/c11-6-5(4-7-9-6)10-3-1-2-8-10/h5,8H,1-4H2. The number of carbonyl (C=O) groups is 1. The molecule has 0 spiro atoms. The minimum atomic E-state index is -0.127. The van der Waals surface area contributed by atoms with Gasteiger partial charge in [0.05, 0.1) is 6.54 Å². The molecular formula is C6H10N4O. The average Bonchev–Trinajstić information content (AvgIpc) is 2.55. The van der Waals surface area contributed by atoms with E-state index in [4.69, 9.17) is 0 Å². The lowest BCUT2D eigenvalue weighted by Crippen LogP contribution is -2.44. The molecule has 0 bridgehead atoms. The molecule has 1 saturated heterocycles. The Kier molecular flexibility index (Phi) is 1.67. The Morgan fingerprint density at radius 2 is 2.55 bits per heavy atom. The van der Waals surface area contributed by atoms with Crippen LogP contribution in [0.25, 0.3) is 0 Å². The highest BCUT2D eigenvalue weighted by molar-refractivity contribution is 5.83. The SMILES string of the molecule is O=C1N=NCC1N1CCCN1. The van der Waals surface area contributed by atoms with Gasteiger partial charge in [0, 0.05) is 13.1 Å². The number of amides is 1. The van der Waals surface area contributed by atoms with Crippen LogP contribution >= 0.6 is 0 Å². The van der Waals surface area contributed by atoms with Crippen molar-refractivity contribution in [1.29, 1.82) is 0 Å². The summed E-state index contributed by atoms with van der Waals surface area (Å²) in [5.74, 6) is -0.112. The van der Waals surface area contributed by atoms with Crippen LogP contribution in [0.15, 0.2) is 10.2 Å². The first-order valence-corrected chi connectivity index (χ1v) is 3.79. The van der Waals surface area contributed by atoms with E-state index in [1.165, 1.54) is 0 Å². The molecule has 0 aromatic rings. The van der Waals surface area contributed by atoms with Crippen molar-refractivity contribution in [2.75, 3.05) is 19.6 Å². The Labute approximate surface area is 64.4 Å². The third-order valence-electron chi connectivity index (χ3n) is 1.98. The van der Waals surface area contributed by atoms with Crippen molar-refractivity contribution in [2.45, 2.75) is 12.5 Å². The summed E-state index contributed by atoms with van der Waals surface area (Å²) in [4.78, 5) is 11.0. The van der Waals surface area contributed by atoms with Gasteiger partial charge in [-0.25, -0.2) is 5.01 Å². The molecule has 2 aliphatic rings. The number of rotatable bonds is 1. The van der Waals surface area contributed by atoms with Gasteiger partial charge in [-0.1, -0.05) is 0 Å². The highest BCUT2D eigenvalue weighted by Gasteiger charge is 2.31. The van der Waals surface area contributed by atoms with E-state index in [1.54, 1.807) is 0 Å². The largest absolute Gasteiger partial charge is 0.284 e. The number of azo groups is 1. The summed E-state index contributed by atoms with van der Waals surface area (Å²) in [6.07, 6.45) is 1.10. The summed E-state index contributed by atoms with van der Waals surface area (Å²) in [5.41, 5.74) is 3.12. The van der Waals surface area contributed by atoms with Gasteiger partial charge in [0.15, 0.2) is 0 Å². The van der Waals surface area contributed by atoms with Gasteiger partial charge in [-0.05, 0) is 6.42 Å². The minimum Gasteiger partial charge on any atom is -0.269 e. The molecule has 2 heterocycles. The summed E-state index contributed by atoms with van der Waals surface area (Å²) in [5, 5.41) is 9.08. The first kappa shape index (κ1) is 6.87. The molecule has 1 amide bonds. The summed E-state index contributed by atoms with van der Waals surface area (Å²) in [7, 11) is 0. The summed E-state index contributed by atoms with van der Waals surface area (Å²) in [6.45, 7) is 2.41. The normalized spacial score (nSPS) is 32.0. The first-order chi connectivity index (χ1) is 5.38. The number of hydrogen-bond acceptors (Lipinski definition) is 4. The Morgan fingerprint density at radius 1 is 1.64 bits per heavy atom. The van der Waals surface area contributed by atoms with E-state index in [1.807, 2.05) is 5.01 Å². The third kappa shape index (κ3) is 1.17. The smallest absolute Gasteiger partial charge is 0.269 e. The second-order valence-electron chi connectivity index (χ2n) is 2.73. The molecule has 1 fully saturated rings. The Balaban J connectivity index is 1.99. The van der Waals surface area contributed by atoms with Crippen LogP contribution < -0.4 is 5.43 Å². The number of hydrazine groups is 1. The Hall–Kier alpha value is -0.810. The fourth-order valence-electron chi connectivity index (χ4n) is 1.38. The van der Waals surface area contributed by atoms with Gasteiger partial charge >= 0.3 is 0 Å². The molecule has 0 radical (unpaired) electrons. The fraction of sp³-hybridized carbons (Fsp3) is 0.833. The lowest BCUT2D eigenvalue weighted by molar-refractivity contribution is -0.122. The molecule has 0 aromatic carbocycles. The molecule has 0 saturated carbocycles. The number of nitrogens with zero attached hydrogens (tertiary/aromatic N) is 3. The Bertz CT molecular complexity index is 197. The van der Waals surface area contributed by atoms with E-state index in [0.717, 1.165) is 19.5 Å². The van der Waals surface area contributed by atoms with Crippen LogP contribution in [0.1, 0.15) is 6.42 Å². The highest BCUT2D eigenvalue weighted by atomic mass is 16.2. The van der Waals surface area contributed by atoms with E-state index in [0.29, 0.717) is 6.54 Å². The summed E-state index contributed by atoms with van der Waals surface area (Å²) < 4.78 is 0. The van der Waals surface area contributed by atoms with Crippen molar-refractivity contribution in [3.63, 3.8) is 0 Å². The van der Waals surface area contributed by atoms with Crippen LogP contribution in [0.3, 0.4) is 0 Å². The molecule has 0 aliphatic carbocycles. The molecule has 1 N–H and O–H groups in total. The zero-order valence-electron chi connectivity index (χ0n) is 6.16. The van der Waals surface area contributed by atoms with Gasteiger partial charge < -0.3 is 0 Å². The van der Waals surface area contributed by atoms with Crippen LogP contribution in [0.2, 0.25) is 0 Å². The van der Waals surface area contributed by atoms with Crippen molar-refractivity contribution < 1.29 is 4.79 Å². The summed E-state index contributed by atoms with van der Waals surface area (Å²) in [6, 6.07) is -0.127. The highest BCUT2D eigenvalue weighted by Crippen LogP contribution is 2.10. The van der Waals surface area contributed by atoms with E-state index in [9.17, 15) is 4.79 Å². The molecule has 5 heteroatoms. The molecule has 1 unspecified atom stereocenters. The van der Waals surface area contributed by atoms with Crippen LogP contribution in [-0.4, -0.2) is 36.6 Å². The Morgan fingerprint density at radius 3 is 3.09 bits per heavy atom. The second kappa shape index (κ2) is 2.67. The van der Waals surface area contributed by atoms with Crippen molar-refractivity contribution in [2.24, 2.45) is 10.2 Å². The second-order valence-corrected chi connectivity index (χ2v) is 2.73. The van der Waals surface area contributed by atoms with Crippen LogP contribution in [-0.2, 0) is 4.79 Å². The molecule has 5 nitrogen and oxygen atoms in total. The van der Waals surface area contributed by atoms with Crippen molar-refractivity contribution >= 4 is 5.91 Å². The zero-order chi connectivity index (χ0) is 7.68. The lowest BCUT2D eigenvalue weighted by Gasteiger charge is -2.18. The molecule has 2 aliphatic heterocycles. The number of nitrogens with one attached hydrogen (secondary N) is 1. The maximum absolute atomic E-state index is 11.0. The maximum Gasteiger partial charge on any atom is 0.284 e. The molecule has 60 valence electrons. The zero-order valence-corrected chi connectivity index (χ0v) is 6.16. The van der Waals surface area contributed by atoms with Gasteiger partial charge in [-0.2, -0.15) is 5.11 Å². The van der Waals surface area contributed by atoms with Crippen LogP contribution in [0.4, 0.5) is 0 Å². The fourth-order valence-corrected chi connectivity index (χ4v) is 1.38. The average molecular weight is 154 g/mol. The van der Waals surface area contributed by atoms with Gasteiger partial charge in [-0.15, -0.1) is 5.11 Å². The lowest BCUT2D eigenvalue weighted by atomic mass is 10.3. The monoisotopic (exact) mass is 154 g/mol. The molecule has 2 rings (SSSR count). The third-order valence-corrected chi connectivity index (χ3v) is 1.98. The molecule has 0 aromatic heterocycles. The quantitative estimate of drug-likeness (QED) is 0.557. The van der Waals surface area contributed by atoms with E-state index in [-0.39, 0.29) is 11.9 Å². The number of hydrogen-bond donors (Lipinski definition) is 1.